The summed E-state index contributed by atoms with van der Waals surface area (Å²) in [6.45, 7) is 7.59. The average Bonchev–Trinajstić information content (AvgIpc) is 2.63. The molecule has 2 heterocycles. The standard InChI is InChI=1S/C18H21FN4O2/c1-3-22-6-8-23(9-7-22)17(24)16-11-15(20-18(25)21-16)13-4-5-14(19)12(2)10-13/h4-5,10-11H,3,6-9H2,1-2H3,(H,20,21,25). The molecule has 1 aromatic carbocycles. The molecule has 1 saturated heterocycles. The Kier molecular flexibility index (Phi) is 4.94. The van der Waals surface area contributed by atoms with Crippen molar-refractivity contribution < 1.29 is 9.18 Å². The van der Waals surface area contributed by atoms with E-state index in [-0.39, 0.29) is 17.4 Å². The number of H-pyrrole nitrogens is 1. The van der Waals surface area contributed by atoms with Gasteiger partial charge in [0.25, 0.3) is 5.91 Å². The first kappa shape index (κ1) is 17.3. The van der Waals surface area contributed by atoms with Crippen molar-refractivity contribution in [2.24, 2.45) is 0 Å². The zero-order chi connectivity index (χ0) is 18.0. The molecule has 6 nitrogen and oxygen atoms in total. The molecule has 7 heteroatoms. The molecule has 0 aliphatic carbocycles. The summed E-state index contributed by atoms with van der Waals surface area (Å²) < 4.78 is 13.5. The van der Waals surface area contributed by atoms with Crippen LogP contribution in [0.2, 0.25) is 0 Å². The predicted molar refractivity (Wildman–Crippen MR) is 93.0 cm³/mol. The van der Waals surface area contributed by atoms with Crippen LogP contribution in [0, 0.1) is 12.7 Å². The van der Waals surface area contributed by atoms with Gasteiger partial charge in [-0.2, -0.15) is 4.98 Å². The number of amides is 1. The van der Waals surface area contributed by atoms with Crippen molar-refractivity contribution in [3.8, 4) is 11.3 Å². The summed E-state index contributed by atoms with van der Waals surface area (Å²) in [5, 5.41) is 0. The van der Waals surface area contributed by atoms with Crippen LogP contribution >= 0.6 is 0 Å². The third kappa shape index (κ3) is 3.76. The van der Waals surface area contributed by atoms with E-state index in [2.05, 4.69) is 21.8 Å². The molecule has 132 valence electrons. The summed E-state index contributed by atoms with van der Waals surface area (Å²) >= 11 is 0. The number of piperazine rings is 1. The zero-order valence-electron chi connectivity index (χ0n) is 14.4. The lowest BCUT2D eigenvalue weighted by molar-refractivity contribution is 0.0637. The van der Waals surface area contributed by atoms with Gasteiger partial charge < -0.3 is 14.8 Å². The average molecular weight is 344 g/mol. The van der Waals surface area contributed by atoms with E-state index in [1.165, 1.54) is 6.07 Å². The highest BCUT2D eigenvalue weighted by Gasteiger charge is 2.22. The van der Waals surface area contributed by atoms with Crippen LogP contribution in [-0.4, -0.2) is 58.4 Å². The van der Waals surface area contributed by atoms with Crippen molar-refractivity contribution in [1.82, 2.24) is 19.8 Å². The van der Waals surface area contributed by atoms with Crippen LogP contribution in [0.3, 0.4) is 0 Å². The first-order chi connectivity index (χ1) is 12.0. The second-order valence-corrected chi connectivity index (χ2v) is 6.18. The molecule has 1 aliphatic heterocycles. The Hall–Kier alpha value is -2.54. The van der Waals surface area contributed by atoms with Gasteiger partial charge in [-0.15, -0.1) is 0 Å². The van der Waals surface area contributed by atoms with Crippen molar-refractivity contribution in [2.75, 3.05) is 32.7 Å². The molecule has 3 rings (SSSR count). The molecule has 1 aromatic heterocycles. The highest BCUT2D eigenvalue weighted by Crippen LogP contribution is 2.20. The first-order valence-electron chi connectivity index (χ1n) is 8.37. The Labute approximate surface area is 145 Å². The fraction of sp³-hybridized carbons (Fsp3) is 0.389. The minimum absolute atomic E-state index is 0.210. The van der Waals surface area contributed by atoms with Crippen molar-refractivity contribution >= 4 is 5.91 Å². The highest BCUT2D eigenvalue weighted by molar-refractivity contribution is 5.93. The quantitative estimate of drug-likeness (QED) is 0.919. The molecule has 1 N–H and O–H groups in total. The van der Waals surface area contributed by atoms with Gasteiger partial charge in [0, 0.05) is 31.7 Å². The van der Waals surface area contributed by atoms with Gasteiger partial charge in [0.2, 0.25) is 0 Å². The monoisotopic (exact) mass is 344 g/mol. The maximum absolute atomic E-state index is 13.5. The number of nitrogens with one attached hydrogen (secondary N) is 1. The van der Waals surface area contributed by atoms with Crippen LogP contribution < -0.4 is 5.69 Å². The number of carbonyl (C=O) groups is 1. The number of rotatable bonds is 3. The molecule has 1 amide bonds. The maximum Gasteiger partial charge on any atom is 0.346 e. The molecule has 0 saturated carbocycles. The van der Waals surface area contributed by atoms with E-state index in [4.69, 9.17) is 0 Å². The fourth-order valence-corrected chi connectivity index (χ4v) is 2.96. The van der Waals surface area contributed by atoms with Crippen molar-refractivity contribution in [3.63, 3.8) is 0 Å². The van der Waals surface area contributed by atoms with E-state index in [0.29, 0.717) is 29.9 Å². The van der Waals surface area contributed by atoms with Crippen LogP contribution in [-0.2, 0) is 0 Å². The Bertz CT molecular complexity index is 841. The van der Waals surface area contributed by atoms with Crippen molar-refractivity contribution in [2.45, 2.75) is 13.8 Å². The predicted octanol–water partition coefficient (Wildman–Crippen LogP) is 1.66. The maximum atomic E-state index is 13.5. The largest absolute Gasteiger partial charge is 0.346 e. The van der Waals surface area contributed by atoms with Crippen molar-refractivity contribution in [1.29, 1.82) is 0 Å². The second kappa shape index (κ2) is 7.14. The molecule has 2 aromatic rings. The van der Waals surface area contributed by atoms with Crippen LogP contribution in [0.5, 0.6) is 0 Å². The Morgan fingerprint density at radius 3 is 2.60 bits per heavy atom. The van der Waals surface area contributed by atoms with E-state index in [9.17, 15) is 14.0 Å². The number of benzene rings is 1. The number of aromatic nitrogens is 2. The number of aromatic amines is 1. The summed E-state index contributed by atoms with van der Waals surface area (Å²) in [5.41, 5.74) is 1.05. The van der Waals surface area contributed by atoms with Crippen LogP contribution in [0.15, 0.2) is 29.1 Å². The lowest BCUT2D eigenvalue weighted by Gasteiger charge is -2.33. The Morgan fingerprint density at radius 1 is 1.24 bits per heavy atom. The van der Waals surface area contributed by atoms with Gasteiger partial charge in [0.1, 0.15) is 11.5 Å². The van der Waals surface area contributed by atoms with Crippen LogP contribution in [0.25, 0.3) is 11.3 Å². The molecule has 1 fully saturated rings. The van der Waals surface area contributed by atoms with E-state index in [1.54, 1.807) is 30.0 Å². The molecule has 0 atom stereocenters. The van der Waals surface area contributed by atoms with Gasteiger partial charge in [-0.25, -0.2) is 9.18 Å². The third-order valence-electron chi connectivity index (χ3n) is 4.54. The number of hydrogen-bond acceptors (Lipinski definition) is 4. The first-order valence-corrected chi connectivity index (χ1v) is 8.37. The Morgan fingerprint density at radius 2 is 1.96 bits per heavy atom. The number of halogens is 1. The van der Waals surface area contributed by atoms with E-state index in [1.807, 2.05) is 0 Å². The van der Waals surface area contributed by atoms with Gasteiger partial charge in [-0.05, 0) is 43.3 Å². The number of hydrogen-bond donors (Lipinski definition) is 1. The molecular formula is C18H21FN4O2. The number of carbonyl (C=O) groups excluding carboxylic acids is 1. The normalized spacial score (nSPS) is 15.4. The SMILES string of the molecule is CCN1CCN(C(=O)c2cc(-c3ccc(F)c(C)c3)nc(=O)[nH]2)CC1. The number of aryl methyl sites for hydroxylation is 1. The number of nitrogens with zero attached hydrogens (tertiary/aromatic N) is 3. The summed E-state index contributed by atoms with van der Waals surface area (Å²) in [7, 11) is 0. The molecule has 1 aliphatic rings. The Balaban J connectivity index is 1.88. The smallest absolute Gasteiger partial charge is 0.335 e. The van der Waals surface area contributed by atoms with E-state index in [0.717, 1.165) is 19.6 Å². The van der Waals surface area contributed by atoms with Gasteiger partial charge in [0.15, 0.2) is 0 Å². The summed E-state index contributed by atoms with van der Waals surface area (Å²) in [6.07, 6.45) is 0. The van der Waals surface area contributed by atoms with E-state index < -0.39 is 5.69 Å². The number of likely N-dealkylation sites (N-methyl/N-ethyl adjacent to an activating group) is 1. The summed E-state index contributed by atoms with van der Waals surface area (Å²) in [4.78, 5) is 35.0. The summed E-state index contributed by atoms with van der Waals surface area (Å²) in [6, 6.07) is 6.06. The van der Waals surface area contributed by atoms with Gasteiger partial charge in [-0.3, -0.25) is 4.79 Å². The molecule has 0 bridgehead atoms. The van der Waals surface area contributed by atoms with Crippen LogP contribution in [0.4, 0.5) is 4.39 Å². The molecule has 0 spiro atoms. The van der Waals surface area contributed by atoms with Gasteiger partial charge in [0.05, 0.1) is 5.69 Å². The van der Waals surface area contributed by atoms with Gasteiger partial charge >= 0.3 is 5.69 Å². The topological polar surface area (TPSA) is 69.3 Å². The molecule has 0 unspecified atom stereocenters. The second-order valence-electron chi connectivity index (χ2n) is 6.18. The molecular weight excluding hydrogens is 323 g/mol. The third-order valence-corrected chi connectivity index (χ3v) is 4.54. The zero-order valence-corrected chi connectivity index (χ0v) is 14.4. The lowest BCUT2D eigenvalue weighted by atomic mass is 10.1. The fourth-order valence-electron chi connectivity index (χ4n) is 2.96. The minimum Gasteiger partial charge on any atom is -0.335 e. The lowest BCUT2D eigenvalue weighted by Crippen LogP contribution is -2.48. The summed E-state index contributed by atoms with van der Waals surface area (Å²) in [5.74, 6) is -0.533. The van der Waals surface area contributed by atoms with Crippen molar-refractivity contribution in [3.05, 3.63) is 51.8 Å². The molecule has 25 heavy (non-hydrogen) atoms. The van der Waals surface area contributed by atoms with Crippen LogP contribution in [0.1, 0.15) is 23.0 Å². The van der Waals surface area contributed by atoms with E-state index >= 15 is 0 Å². The highest BCUT2D eigenvalue weighted by atomic mass is 19.1. The van der Waals surface area contributed by atoms with Gasteiger partial charge in [-0.1, -0.05) is 6.92 Å². The molecule has 0 radical (unpaired) electrons. The minimum atomic E-state index is -0.588.